The normalized spacial score (nSPS) is 18.8. The molecule has 2 fully saturated rings. The fraction of sp³-hybridized carbons (Fsp3) is 0.478. The molecule has 4 rings (SSSR count). The molecule has 2 aliphatic rings. The number of ether oxygens (including phenoxy) is 4. The largest absolute Gasteiger partial charge is 0.384 e. The molecule has 0 aromatic heterocycles. The van der Waals surface area contributed by atoms with Crippen molar-refractivity contribution in [1.82, 2.24) is 0 Å². The molecule has 0 bridgehead atoms. The summed E-state index contributed by atoms with van der Waals surface area (Å²) in [7, 11) is 0.994. The van der Waals surface area contributed by atoms with E-state index < -0.39 is 0 Å². The van der Waals surface area contributed by atoms with Crippen molar-refractivity contribution in [1.29, 1.82) is 0 Å². The van der Waals surface area contributed by atoms with Crippen molar-refractivity contribution >= 4 is 39.1 Å². The van der Waals surface area contributed by atoms with Crippen molar-refractivity contribution in [2.45, 2.75) is 31.3 Å². The van der Waals surface area contributed by atoms with Crippen molar-refractivity contribution < 1.29 is 18.9 Å². The molecule has 0 saturated carbocycles. The van der Waals surface area contributed by atoms with E-state index in [1.807, 2.05) is 0 Å². The molecular formula is C23H32N2O4P2. The molecule has 2 aliphatic heterocycles. The molecule has 2 aromatic rings. The lowest BCUT2D eigenvalue weighted by molar-refractivity contribution is -0.125. The standard InChI is InChI=1S/C23H32N2O4P2/c1-3-10-20(30-22-26-14-6-15-27-22)18(8-1)24-12-5-13-25-19-9-2-4-11-21(19)31-23-28-16-7-17-29-23/h1-4,8-11,22-25,30-31H,5-7,12-17H2. The summed E-state index contributed by atoms with van der Waals surface area (Å²) in [6.45, 7) is 4.97. The molecule has 2 N–H and O–H groups in total. The van der Waals surface area contributed by atoms with E-state index in [-0.39, 0.29) is 12.1 Å². The van der Waals surface area contributed by atoms with Gasteiger partial charge in [-0.15, -0.1) is 0 Å². The first kappa shape index (κ1) is 22.9. The quantitative estimate of drug-likeness (QED) is 0.415. The van der Waals surface area contributed by atoms with Gasteiger partial charge in [0.1, 0.15) is 0 Å². The predicted octanol–water partition coefficient (Wildman–Crippen LogP) is 3.65. The third kappa shape index (κ3) is 7.39. The summed E-state index contributed by atoms with van der Waals surface area (Å²) < 4.78 is 22.9. The number of nitrogens with one attached hydrogen (secondary N) is 2. The lowest BCUT2D eigenvalue weighted by Gasteiger charge is -2.24. The van der Waals surface area contributed by atoms with Crippen LogP contribution in [0.3, 0.4) is 0 Å². The highest BCUT2D eigenvalue weighted by atomic mass is 31.1. The zero-order chi connectivity index (χ0) is 21.1. The van der Waals surface area contributed by atoms with E-state index in [9.17, 15) is 0 Å². The van der Waals surface area contributed by atoms with Crippen LogP contribution in [-0.2, 0) is 18.9 Å². The molecule has 0 amide bonds. The van der Waals surface area contributed by atoms with E-state index in [0.29, 0.717) is 17.2 Å². The third-order valence-corrected chi connectivity index (χ3v) is 7.67. The number of para-hydroxylation sites is 2. The van der Waals surface area contributed by atoms with Gasteiger partial charge in [0, 0.05) is 35.1 Å². The Morgan fingerprint density at radius 1 is 0.645 bits per heavy atom. The molecule has 2 saturated heterocycles. The molecule has 2 aromatic carbocycles. The van der Waals surface area contributed by atoms with Crippen LogP contribution in [0.15, 0.2) is 48.5 Å². The minimum absolute atomic E-state index is 0.104. The van der Waals surface area contributed by atoms with E-state index >= 15 is 0 Å². The van der Waals surface area contributed by atoms with E-state index in [0.717, 1.165) is 58.8 Å². The van der Waals surface area contributed by atoms with Gasteiger partial charge in [0.05, 0.1) is 26.4 Å². The van der Waals surface area contributed by atoms with Crippen LogP contribution >= 0.6 is 17.2 Å². The van der Waals surface area contributed by atoms with E-state index in [1.54, 1.807) is 0 Å². The van der Waals surface area contributed by atoms with Gasteiger partial charge in [-0.1, -0.05) is 36.4 Å². The predicted molar refractivity (Wildman–Crippen MR) is 131 cm³/mol. The van der Waals surface area contributed by atoms with Crippen LogP contribution in [0, 0.1) is 0 Å². The van der Waals surface area contributed by atoms with E-state index in [2.05, 4.69) is 59.2 Å². The molecule has 2 unspecified atom stereocenters. The van der Waals surface area contributed by atoms with Crippen LogP contribution in [-0.4, -0.2) is 51.6 Å². The molecule has 168 valence electrons. The number of rotatable bonds is 10. The first-order chi connectivity index (χ1) is 15.4. The van der Waals surface area contributed by atoms with Crippen LogP contribution < -0.4 is 21.2 Å². The Hall–Kier alpha value is -1.26. The van der Waals surface area contributed by atoms with Gasteiger partial charge in [0.15, 0.2) is 12.1 Å². The van der Waals surface area contributed by atoms with Crippen LogP contribution in [0.4, 0.5) is 11.4 Å². The van der Waals surface area contributed by atoms with Crippen molar-refractivity contribution in [2.24, 2.45) is 0 Å². The first-order valence-corrected chi connectivity index (χ1v) is 13.2. The molecule has 6 nitrogen and oxygen atoms in total. The van der Waals surface area contributed by atoms with Gasteiger partial charge in [0.2, 0.25) is 0 Å². The molecule has 31 heavy (non-hydrogen) atoms. The second-order valence-corrected chi connectivity index (χ2v) is 10.0. The Morgan fingerprint density at radius 2 is 1.06 bits per heavy atom. The van der Waals surface area contributed by atoms with Crippen LogP contribution in [0.25, 0.3) is 0 Å². The van der Waals surface area contributed by atoms with Gasteiger partial charge in [-0.2, -0.15) is 0 Å². The van der Waals surface area contributed by atoms with Gasteiger partial charge in [-0.3, -0.25) is 0 Å². The summed E-state index contributed by atoms with van der Waals surface area (Å²) in [6, 6.07) is 16.7. The highest BCUT2D eigenvalue weighted by Gasteiger charge is 2.17. The average molecular weight is 462 g/mol. The molecular weight excluding hydrogens is 430 g/mol. The summed E-state index contributed by atoms with van der Waals surface area (Å²) in [4.78, 5) is 0. The number of benzene rings is 2. The lowest BCUT2D eigenvalue weighted by atomic mass is 10.3. The van der Waals surface area contributed by atoms with Crippen LogP contribution in [0.5, 0.6) is 0 Å². The van der Waals surface area contributed by atoms with Crippen molar-refractivity contribution in [2.75, 3.05) is 50.2 Å². The second kappa shape index (κ2) is 12.7. The molecule has 2 atom stereocenters. The summed E-state index contributed by atoms with van der Waals surface area (Å²) in [6.07, 6.45) is 2.98. The fourth-order valence-corrected chi connectivity index (χ4v) is 5.81. The number of hydrogen-bond acceptors (Lipinski definition) is 6. The van der Waals surface area contributed by atoms with E-state index in [4.69, 9.17) is 18.9 Å². The smallest absolute Gasteiger partial charge is 0.177 e. The Kier molecular flexibility index (Phi) is 9.38. The Bertz CT molecular complexity index is 733. The van der Waals surface area contributed by atoms with Gasteiger partial charge in [0.25, 0.3) is 0 Å². The van der Waals surface area contributed by atoms with Gasteiger partial charge < -0.3 is 29.6 Å². The number of hydrogen-bond donors (Lipinski definition) is 2. The maximum Gasteiger partial charge on any atom is 0.177 e. The van der Waals surface area contributed by atoms with Gasteiger partial charge in [-0.05, 0) is 48.6 Å². The SMILES string of the molecule is c1ccc(PC2OCCCO2)c(NCCCNc2ccccc2PC2OCCCO2)c1. The summed E-state index contributed by atoms with van der Waals surface area (Å²) in [5.41, 5.74) is 2.35. The van der Waals surface area contributed by atoms with Gasteiger partial charge in [-0.25, -0.2) is 0 Å². The van der Waals surface area contributed by atoms with Crippen molar-refractivity contribution in [3.05, 3.63) is 48.5 Å². The highest BCUT2D eigenvalue weighted by Crippen LogP contribution is 2.28. The third-order valence-electron chi connectivity index (χ3n) is 5.04. The minimum Gasteiger partial charge on any atom is -0.384 e. The summed E-state index contributed by atoms with van der Waals surface area (Å²) in [5.74, 6) is 0. The summed E-state index contributed by atoms with van der Waals surface area (Å²) in [5, 5.41) is 9.70. The summed E-state index contributed by atoms with van der Waals surface area (Å²) >= 11 is 0. The topological polar surface area (TPSA) is 61.0 Å². The van der Waals surface area contributed by atoms with Crippen LogP contribution in [0.2, 0.25) is 0 Å². The first-order valence-electron chi connectivity index (χ1n) is 11.0. The molecule has 2 heterocycles. The molecule has 8 heteroatoms. The zero-order valence-electron chi connectivity index (χ0n) is 17.8. The molecule has 0 aliphatic carbocycles. The lowest BCUT2D eigenvalue weighted by Crippen LogP contribution is -2.24. The zero-order valence-corrected chi connectivity index (χ0v) is 19.8. The van der Waals surface area contributed by atoms with E-state index in [1.165, 1.54) is 22.0 Å². The minimum atomic E-state index is -0.104. The maximum absolute atomic E-state index is 5.73. The fourth-order valence-electron chi connectivity index (χ4n) is 3.46. The monoisotopic (exact) mass is 462 g/mol. The Balaban J connectivity index is 1.22. The average Bonchev–Trinajstić information content (AvgIpc) is 2.82. The van der Waals surface area contributed by atoms with Crippen LogP contribution in [0.1, 0.15) is 19.3 Å². The van der Waals surface area contributed by atoms with Gasteiger partial charge >= 0.3 is 0 Å². The molecule has 0 spiro atoms. The second-order valence-electron chi connectivity index (χ2n) is 7.44. The van der Waals surface area contributed by atoms with Crippen molar-refractivity contribution in [3.63, 3.8) is 0 Å². The Labute approximate surface area is 188 Å². The highest BCUT2D eigenvalue weighted by molar-refractivity contribution is 7.48. The number of anilines is 2. The maximum atomic E-state index is 5.73. The van der Waals surface area contributed by atoms with Crippen molar-refractivity contribution in [3.8, 4) is 0 Å². The molecule has 0 radical (unpaired) electrons. The Morgan fingerprint density at radius 3 is 1.52 bits per heavy atom.